The Labute approximate surface area is 178 Å². The Morgan fingerprint density at radius 2 is 2.00 bits per heavy atom. The van der Waals surface area contributed by atoms with E-state index in [1.54, 1.807) is 17.6 Å². The number of hydrogen-bond donors (Lipinski definition) is 0. The van der Waals surface area contributed by atoms with Crippen molar-refractivity contribution in [3.8, 4) is 22.4 Å². The minimum atomic E-state index is -3.12. The Hall–Kier alpha value is -2.92. The number of aromatic nitrogens is 1. The summed E-state index contributed by atoms with van der Waals surface area (Å²) in [5.41, 5.74) is 4.40. The Morgan fingerprint density at radius 1 is 1.16 bits per heavy atom. The highest BCUT2D eigenvalue weighted by Crippen LogP contribution is 2.57. The van der Waals surface area contributed by atoms with Crippen molar-refractivity contribution >= 4 is 11.3 Å². The van der Waals surface area contributed by atoms with Crippen LogP contribution in [0.15, 0.2) is 29.8 Å². The van der Waals surface area contributed by atoms with Gasteiger partial charge in [-0.15, -0.1) is 11.3 Å². The molecule has 3 nitrogen and oxygen atoms in total. The fourth-order valence-electron chi connectivity index (χ4n) is 5.30. The van der Waals surface area contributed by atoms with Crippen LogP contribution in [0.1, 0.15) is 64.4 Å². The van der Waals surface area contributed by atoms with Crippen molar-refractivity contribution in [3.63, 3.8) is 0 Å². The molecule has 3 unspecified atom stereocenters. The maximum Gasteiger partial charge on any atom is 0.292 e. The van der Waals surface area contributed by atoms with Crippen LogP contribution in [0.5, 0.6) is 5.88 Å². The third-order valence-corrected chi connectivity index (χ3v) is 7.37. The standard InChI is InChI=1S/C23H14F4N2OS/c24-11-5-10(8-28)18-13(3-4-17(25)15(18)6-11)12-1-2-14-19-16(12)7-23(26,27)21(19)30-22-20(14)31-9-29-22/h1-2,5-6,9,13,17,21H,3-4,7H2. The lowest BCUT2D eigenvalue weighted by atomic mass is 9.74. The van der Waals surface area contributed by atoms with Crippen molar-refractivity contribution in [1.82, 2.24) is 4.98 Å². The second kappa shape index (κ2) is 6.30. The van der Waals surface area contributed by atoms with Gasteiger partial charge < -0.3 is 4.74 Å². The molecule has 1 aromatic heterocycles. The van der Waals surface area contributed by atoms with E-state index in [2.05, 4.69) is 4.98 Å². The largest absolute Gasteiger partial charge is 0.462 e. The Bertz CT molecular complexity index is 1300. The summed E-state index contributed by atoms with van der Waals surface area (Å²) in [6.45, 7) is 0. The van der Waals surface area contributed by atoms with E-state index in [4.69, 9.17) is 4.74 Å². The van der Waals surface area contributed by atoms with E-state index in [0.29, 0.717) is 39.1 Å². The second-order valence-corrected chi connectivity index (χ2v) is 9.04. The Morgan fingerprint density at radius 3 is 2.81 bits per heavy atom. The van der Waals surface area contributed by atoms with Crippen LogP contribution < -0.4 is 4.74 Å². The zero-order chi connectivity index (χ0) is 21.5. The van der Waals surface area contributed by atoms with Crippen LogP contribution >= 0.6 is 11.3 Å². The molecule has 3 aromatic rings. The molecule has 0 fully saturated rings. The smallest absolute Gasteiger partial charge is 0.292 e. The van der Waals surface area contributed by atoms with Gasteiger partial charge in [-0.05, 0) is 47.2 Å². The van der Waals surface area contributed by atoms with E-state index >= 15 is 8.78 Å². The average Bonchev–Trinajstić information content (AvgIpc) is 3.32. The van der Waals surface area contributed by atoms with Crippen LogP contribution in [0.4, 0.5) is 17.6 Å². The third-order valence-electron chi connectivity index (χ3n) is 6.53. The van der Waals surface area contributed by atoms with Crippen molar-refractivity contribution in [3.05, 3.63) is 69.0 Å². The fourth-order valence-corrected chi connectivity index (χ4v) is 6.06. The average molecular weight is 442 g/mol. The normalized spacial score (nSPS) is 24.5. The Kier molecular flexibility index (Phi) is 3.82. The molecule has 0 amide bonds. The highest BCUT2D eigenvalue weighted by Gasteiger charge is 2.54. The molecule has 0 bridgehead atoms. The molecule has 8 heteroatoms. The minimum absolute atomic E-state index is 0.0505. The molecule has 156 valence electrons. The van der Waals surface area contributed by atoms with Gasteiger partial charge in [-0.1, -0.05) is 12.1 Å². The maximum atomic E-state index is 15.0. The van der Waals surface area contributed by atoms with Crippen LogP contribution in [-0.2, 0) is 6.42 Å². The van der Waals surface area contributed by atoms with Crippen molar-refractivity contribution < 1.29 is 22.3 Å². The summed E-state index contributed by atoms with van der Waals surface area (Å²) in [4.78, 5) is 4.79. The lowest BCUT2D eigenvalue weighted by molar-refractivity contribution is -0.0866. The Balaban J connectivity index is 1.59. The first-order valence-corrected chi connectivity index (χ1v) is 10.8. The van der Waals surface area contributed by atoms with Crippen molar-refractivity contribution in [1.29, 1.82) is 5.26 Å². The van der Waals surface area contributed by atoms with Gasteiger partial charge >= 0.3 is 0 Å². The molecule has 2 aliphatic carbocycles. The molecule has 2 aromatic carbocycles. The summed E-state index contributed by atoms with van der Waals surface area (Å²) in [5, 5.41) is 9.58. The number of nitriles is 1. The van der Waals surface area contributed by atoms with Crippen LogP contribution in [0, 0.1) is 17.1 Å². The van der Waals surface area contributed by atoms with Gasteiger partial charge in [0.15, 0.2) is 6.10 Å². The van der Waals surface area contributed by atoms with E-state index in [1.807, 2.05) is 6.07 Å². The van der Waals surface area contributed by atoms with E-state index in [0.717, 1.165) is 12.1 Å². The lowest BCUT2D eigenvalue weighted by Crippen LogP contribution is -2.28. The van der Waals surface area contributed by atoms with Crippen LogP contribution in [0.3, 0.4) is 0 Å². The van der Waals surface area contributed by atoms with Gasteiger partial charge in [0, 0.05) is 23.5 Å². The highest BCUT2D eigenvalue weighted by molar-refractivity contribution is 7.13. The number of hydrogen-bond acceptors (Lipinski definition) is 4. The molecule has 3 aliphatic rings. The molecule has 1 aliphatic heterocycles. The summed E-state index contributed by atoms with van der Waals surface area (Å²) >= 11 is 1.33. The summed E-state index contributed by atoms with van der Waals surface area (Å²) in [5.74, 6) is -4.04. The SMILES string of the molecule is N#Cc1cc(F)cc2c1C(c1ccc3c4c1CC(F)(F)C4Oc1ncsc1-3)CCC2F. The van der Waals surface area contributed by atoms with Crippen LogP contribution in [-0.4, -0.2) is 10.9 Å². The molecule has 2 heterocycles. The highest BCUT2D eigenvalue weighted by atomic mass is 32.1. The molecular weight excluding hydrogens is 428 g/mol. The topological polar surface area (TPSA) is 45.9 Å². The summed E-state index contributed by atoms with van der Waals surface area (Å²) < 4.78 is 64.3. The summed E-state index contributed by atoms with van der Waals surface area (Å²) in [6.07, 6.45) is -2.83. The van der Waals surface area contributed by atoms with E-state index in [-0.39, 0.29) is 23.4 Å². The van der Waals surface area contributed by atoms with Gasteiger partial charge in [-0.25, -0.2) is 22.5 Å². The predicted molar refractivity (Wildman–Crippen MR) is 106 cm³/mol. The van der Waals surface area contributed by atoms with Gasteiger partial charge in [0.25, 0.3) is 5.92 Å². The first kappa shape index (κ1) is 18.8. The van der Waals surface area contributed by atoms with E-state index in [1.165, 1.54) is 11.3 Å². The molecule has 6 rings (SSSR count). The van der Waals surface area contributed by atoms with Crippen LogP contribution in [0.25, 0.3) is 10.4 Å². The second-order valence-electron chi connectivity index (χ2n) is 8.18. The first-order chi connectivity index (χ1) is 14.9. The van der Waals surface area contributed by atoms with Crippen molar-refractivity contribution in [2.24, 2.45) is 0 Å². The van der Waals surface area contributed by atoms with Gasteiger partial charge in [-0.2, -0.15) is 5.26 Å². The zero-order valence-corrected chi connectivity index (χ0v) is 16.8. The number of thiazole rings is 1. The quantitative estimate of drug-likeness (QED) is 0.411. The van der Waals surface area contributed by atoms with Gasteiger partial charge in [0.1, 0.15) is 12.0 Å². The van der Waals surface area contributed by atoms with Crippen LogP contribution in [0.2, 0.25) is 0 Å². The maximum absolute atomic E-state index is 15.0. The molecule has 0 saturated heterocycles. The van der Waals surface area contributed by atoms with Crippen molar-refractivity contribution in [2.75, 3.05) is 0 Å². The molecule has 0 N–H and O–H groups in total. The number of benzene rings is 2. The molecular formula is C23H14F4N2OS. The molecule has 0 spiro atoms. The van der Waals surface area contributed by atoms with Gasteiger partial charge in [-0.3, -0.25) is 0 Å². The molecule has 3 atom stereocenters. The monoisotopic (exact) mass is 442 g/mol. The molecule has 0 saturated carbocycles. The minimum Gasteiger partial charge on any atom is -0.462 e. The lowest BCUT2D eigenvalue weighted by Gasteiger charge is -2.31. The number of halogens is 4. The third kappa shape index (κ3) is 2.53. The summed E-state index contributed by atoms with van der Waals surface area (Å²) in [6, 6.07) is 7.76. The number of alkyl halides is 3. The molecule has 31 heavy (non-hydrogen) atoms. The number of fused-ring (bicyclic) bond motifs is 3. The predicted octanol–water partition coefficient (Wildman–Crippen LogP) is 6.38. The number of nitrogens with zero attached hydrogens (tertiary/aromatic N) is 2. The van der Waals surface area contributed by atoms with Crippen molar-refractivity contribution in [2.45, 2.75) is 43.4 Å². The van der Waals surface area contributed by atoms with Gasteiger partial charge in [0.2, 0.25) is 5.88 Å². The van der Waals surface area contributed by atoms with E-state index in [9.17, 15) is 14.0 Å². The number of ether oxygens (including phenoxy) is 1. The van der Waals surface area contributed by atoms with E-state index < -0.39 is 36.4 Å². The molecule has 0 radical (unpaired) electrons. The zero-order valence-electron chi connectivity index (χ0n) is 16.0. The fraction of sp³-hybridized carbons (Fsp3) is 0.304. The summed E-state index contributed by atoms with van der Waals surface area (Å²) in [7, 11) is 0. The first-order valence-electron chi connectivity index (χ1n) is 9.90. The van der Waals surface area contributed by atoms with Gasteiger partial charge in [0.05, 0.1) is 22.0 Å². The number of rotatable bonds is 1.